The van der Waals surface area contributed by atoms with Crippen molar-refractivity contribution in [1.82, 2.24) is 0 Å². The first-order valence-corrected chi connectivity index (χ1v) is 6.17. The summed E-state index contributed by atoms with van der Waals surface area (Å²) in [4.78, 5) is 0. The molecule has 1 saturated heterocycles. The summed E-state index contributed by atoms with van der Waals surface area (Å²) in [7, 11) is 0. The number of halogens is 1. The first-order chi connectivity index (χ1) is 7.01. The van der Waals surface area contributed by atoms with Gasteiger partial charge in [0.1, 0.15) is 11.4 Å². The van der Waals surface area contributed by atoms with E-state index in [0.29, 0.717) is 17.4 Å². The van der Waals surface area contributed by atoms with Crippen LogP contribution in [-0.2, 0) is 5.60 Å². The summed E-state index contributed by atoms with van der Waals surface area (Å²) < 4.78 is 13.1. The van der Waals surface area contributed by atoms with Gasteiger partial charge in [0.05, 0.1) is 0 Å². The highest BCUT2D eigenvalue weighted by Crippen LogP contribution is 2.42. The van der Waals surface area contributed by atoms with Gasteiger partial charge in [-0.2, -0.15) is 11.8 Å². The molecule has 1 heterocycles. The minimum atomic E-state index is -0.837. The molecule has 15 heavy (non-hydrogen) atoms. The zero-order valence-corrected chi connectivity index (χ0v) is 9.77. The summed E-state index contributed by atoms with van der Waals surface area (Å²) in [5, 5.41) is 10.9. The van der Waals surface area contributed by atoms with Crippen LogP contribution in [0.3, 0.4) is 0 Å². The quantitative estimate of drug-likeness (QED) is 0.794. The Bertz CT molecular complexity index is 380. The molecule has 82 valence electrons. The fraction of sp³-hybridized carbons (Fsp3) is 0.500. The maximum Gasteiger partial charge on any atom is 0.123 e. The molecule has 0 aromatic heterocycles. The van der Waals surface area contributed by atoms with Gasteiger partial charge in [0.15, 0.2) is 0 Å². The number of hydrogen-bond donors (Lipinski definition) is 1. The van der Waals surface area contributed by atoms with Gasteiger partial charge in [0.25, 0.3) is 0 Å². The Balaban J connectivity index is 2.40. The Morgan fingerprint density at radius 1 is 1.53 bits per heavy atom. The van der Waals surface area contributed by atoms with Gasteiger partial charge >= 0.3 is 0 Å². The van der Waals surface area contributed by atoms with Gasteiger partial charge in [0.2, 0.25) is 0 Å². The van der Waals surface area contributed by atoms with E-state index in [-0.39, 0.29) is 5.82 Å². The summed E-state index contributed by atoms with van der Waals surface area (Å²) in [5.74, 6) is 0.395. The van der Waals surface area contributed by atoms with Crippen molar-refractivity contribution in [1.29, 1.82) is 0 Å². The van der Waals surface area contributed by atoms with Crippen LogP contribution in [0.25, 0.3) is 0 Å². The van der Waals surface area contributed by atoms with Crippen LogP contribution in [0, 0.1) is 12.7 Å². The molecule has 1 aliphatic rings. The maximum atomic E-state index is 13.1. The minimum absolute atomic E-state index is 0.270. The van der Waals surface area contributed by atoms with Crippen molar-refractivity contribution in [2.45, 2.75) is 31.1 Å². The molecule has 3 heteroatoms. The normalized spacial score (nSPS) is 30.8. The van der Waals surface area contributed by atoms with Crippen LogP contribution in [-0.4, -0.2) is 16.1 Å². The van der Waals surface area contributed by atoms with Gasteiger partial charge in [-0.3, -0.25) is 0 Å². The molecule has 0 spiro atoms. The highest BCUT2D eigenvalue weighted by molar-refractivity contribution is 8.00. The Hall–Kier alpha value is -0.540. The molecule has 0 saturated carbocycles. The third-order valence-electron chi connectivity index (χ3n) is 2.93. The lowest BCUT2D eigenvalue weighted by Crippen LogP contribution is -2.26. The lowest BCUT2D eigenvalue weighted by Gasteiger charge is -2.24. The van der Waals surface area contributed by atoms with Crippen molar-refractivity contribution < 1.29 is 9.50 Å². The van der Waals surface area contributed by atoms with Crippen molar-refractivity contribution in [2.24, 2.45) is 0 Å². The summed E-state index contributed by atoms with van der Waals surface area (Å²) in [6.07, 6.45) is 0.710. The second-order valence-corrected chi connectivity index (χ2v) is 5.74. The molecule has 1 aliphatic heterocycles. The topological polar surface area (TPSA) is 20.2 Å². The Morgan fingerprint density at radius 3 is 2.87 bits per heavy atom. The molecule has 1 N–H and O–H groups in total. The zero-order valence-electron chi connectivity index (χ0n) is 8.96. The molecule has 1 aromatic carbocycles. The molecule has 0 bridgehead atoms. The molecule has 0 radical (unpaired) electrons. The van der Waals surface area contributed by atoms with Gasteiger partial charge < -0.3 is 5.11 Å². The van der Waals surface area contributed by atoms with E-state index in [1.165, 1.54) is 12.1 Å². The largest absolute Gasteiger partial charge is 0.384 e. The summed E-state index contributed by atoms with van der Waals surface area (Å²) in [6.45, 7) is 4.01. The molecule has 2 rings (SSSR count). The molecule has 2 atom stereocenters. The molecular formula is C12H15FOS. The van der Waals surface area contributed by atoms with Gasteiger partial charge in [-0.15, -0.1) is 0 Å². The van der Waals surface area contributed by atoms with Gasteiger partial charge in [-0.05, 0) is 36.6 Å². The van der Waals surface area contributed by atoms with Crippen molar-refractivity contribution in [2.75, 3.05) is 5.75 Å². The Kier molecular flexibility index (Phi) is 2.77. The molecular weight excluding hydrogens is 211 g/mol. The third-order valence-corrected chi connectivity index (χ3v) is 4.31. The molecule has 1 fully saturated rings. The average molecular weight is 226 g/mol. The molecule has 0 aliphatic carbocycles. The van der Waals surface area contributed by atoms with E-state index in [4.69, 9.17) is 0 Å². The highest BCUT2D eigenvalue weighted by Gasteiger charge is 2.38. The predicted octanol–water partition coefficient (Wildman–Crippen LogP) is 2.85. The summed E-state index contributed by atoms with van der Waals surface area (Å²) in [6, 6.07) is 4.64. The molecule has 2 unspecified atom stereocenters. The highest BCUT2D eigenvalue weighted by atomic mass is 32.2. The van der Waals surface area contributed by atoms with Crippen LogP contribution >= 0.6 is 11.8 Å². The van der Waals surface area contributed by atoms with Gasteiger partial charge in [-0.1, -0.05) is 13.0 Å². The van der Waals surface area contributed by atoms with E-state index in [9.17, 15) is 9.50 Å². The lowest BCUT2D eigenvalue weighted by molar-refractivity contribution is 0.0602. The Labute approximate surface area is 93.7 Å². The average Bonchev–Trinajstić information content (AvgIpc) is 2.52. The predicted molar refractivity (Wildman–Crippen MR) is 61.6 cm³/mol. The zero-order chi connectivity index (χ0) is 11.1. The fourth-order valence-corrected chi connectivity index (χ4v) is 3.38. The smallest absolute Gasteiger partial charge is 0.123 e. The van der Waals surface area contributed by atoms with E-state index in [0.717, 1.165) is 11.1 Å². The molecule has 1 nitrogen and oxygen atoms in total. The number of aliphatic hydroxyl groups is 1. The SMILES string of the molecule is Cc1ccc(F)cc1C1(O)CSC(C)C1. The molecule has 0 amide bonds. The van der Waals surface area contributed by atoms with Crippen LogP contribution in [0.1, 0.15) is 24.5 Å². The van der Waals surface area contributed by atoms with Crippen LogP contribution in [0.15, 0.2) is 18.2 Å². The van der Waals surface area contributed by atoms with Crippen LogP contribution < -0.4 is 0 Å². The van der Waals surface area contributed by atoms with Crippen LogP contribution in [0.5, 0.6) is 0 Å². The van der Waals surface area contributed by atoms with Crippen molar-refractivity contribution in [3.05, 3.63) is 35.1 Å². The van der Waals surface area contributed by atoms with Crippen LogP contribution in [0.4, 0.5) is 4.39 Å². The summed E-state index contributed by atoms with van der Waals surface area (Å²) >= 11 is 1.74. The first kappa shape index (κ1) is 11.0. The first-order valence-electron chi connectivity index (χ1n) is 5.12. The monoisotopic (exact) mass is 226 g/mol. The number of benzene rings is 1. The molecule has 1 aromatic rings. The lowest BCUT2D eigenvalue weighted by atomic mass is 9.88. The summed E-state index contributed by atoms with van der Waals surface area (Å²) in [5.41, 5.74) is 0.879. The number of hydrogen-bond acceptors (Lipinski definition) is 2. The van der Waals surface area contributed by atoms with E-state index >= 15 is 0 Å². The van der Waals surface area contributed by atoms with Crippen molar-refractivity contribution >= 4 is 11.8 Å². The Morgan fingerprint density at radius 2 is 2.27 bits per heavy atom. The van der Waals surface area contributed by atoms with Crippen molar-refractivity contribution in [3.63, 3.8) is 0 Å². The van der Waals surface area contributed by atoms with E-state index in [1.807, 2.05) is 6.92 Å². The van der Waals surface area contributed by atoms with E-state index in [2.05, 4.69) is 6.92 Å². The second-order valence-electron chi connectivity index (χ2n) is 4.32. The van der Waals surface area contributed by atoms with Crippen molar-refractivity contribution in [3.8, 4) is 0 Å². The van der Waals surface area contributed by atoms with E-state index in [1.54, 1.807) is 17.8 Å². The van der Waals surface area contributed by atoms with E-state index < -0.39 is 5.60 Å². The van der Waals surface area contributed by atoms with Gasteiger partial charge in [0, 0.05) is 11.0 Å². The minimum Gasteiger partial charge on any atom is -0.384 e. The maximum absolute atomic E-state index is 13.1. The fourth-order valence-electron chi connectivity index (χ4n) is 2.16. The third kappa shape index (κ3) is 2.04. The number of aryl methyl sites for hydroxylation is 1. The van der Waals surface area contributed by atoms with Gasteiger partial charge in [-0.25, -0.2) is 4.39 Å². The number of rotatable bonds is 1. The number of thioether (sulfide) groups is 1. The second kappa shape index (κ2) is 3.80. The standard InChI is InChI=1S/C12H15FOS/c1-8-3-4-10(13)5-11(8)12(14)6-9(2)15-7-12/h3-5,9,14H,6-7H2,1-2H3. The van der Waals surface area contributed by atoms with Crippen LogP contribution in [0.2, 0.25) is 0 Å².